The van der Waals surface area contributed by atoms with Gasteiger partial charge in [-0.25, -0.2) is 9.80 Å². The maximum atomic E-state index is 12.7. The Morgan fingerprint density at radius 1 is 1.07 bits per heavy atom. The molecule has 1 aromatic heterocycles. The van der Waals surface area contributed by atoms with Gasteiger partial charge in [-0.3, -0.25) is 15.0 Å². The van der Waals surface area contributed by atoms with Crippen LogP contribution in [0.25, 0.3) is 17.4 Å². The van der Waals surface area contributed by atoms with Crippen molar-refractivity contribution in [3.8, 4) is 11.3 Å². The molecule has 0 spiro atoms. The quantitative estimate of drug-likeness (QED) is 0.410. The second-order valence-electron chi connectivity index (χ2n) is 6.75. The molecular formula is C23H18N2O5. The van der Waals surface area contributed by atoms with Crippen LogP contribution in [0.4, 0.5) is 5.69 Å². The predicted octanol–water partition coefficient (Wildman–Crippen LogP) is 3.50. The van der Waals surface area contributed by atoms with Gasteiger partial charge in [-0.2, -0.15) is 0 Å². The Morgan fingerprint density at radius 3 is 2.57 bits per heavy atom. The molecule has 1 fully saturated rings. The van der Waals surface area contributed by atoms with E-state index in [1.54, 1.807) is 48.5 Å². The highest BCUT2D eigenvalue weighted by Crippen LogP contribution is 2.26. The molecule has 2 heterocycles. The number of hydrogen-bond acceptors (Lipinski definition) is 5. The zero-order valence-electron chi connectivity index (χ0n) is 16.3. The highest BCUT2D eigenvalue weighted by molar-refractivity contribution is 6.31. The number of methoxy groups -OCH3 is 1. The van der Waals surface area contributed by atoms with Gasteiger partial charge < -0.3 is 9.15 Å². The van der Waals surface area contributed by atoms with Crippen LogP contribution >= 0.6 is 0 Å². The van der Waals surface area contributed by atoms with Crippen LogP contribution in [-0.2, 0) is 14.3 Å². The number of hydrogen-bond donors (Lipinski definition) is 1. The van der Waals surface area contributed by atoms with Crippen LogP contribution in [0.15, 0.2) is 70.7 Å². The first-order valence-electron chi connectivity index (χ1n) is 9.18. The summed E-state index contributed by atoms with van der Waals surface area (Å²) in [5, 5.41) is 1.21. The first-order valence-corrected chi connectivity index (χ1v) is 9.18. The summed E-state index contributed by atoms with van der Waals surface area (Å²) in [6, 6.07) is 17.4. The number of aryl methyl sites for hydroxylation is 1. The molecule has 2 amide bonds. The van der Waals surface area contributed by atoms with E-state index in [0.29, 0.717) is 28.3 Å². The van der Waals surface area contributed by atoms with Crippen molar-refractivity contribution in [1.29, 1.82) is 0 Å². The predicted molar refractivity (Wildman–Crippen MR) is 110 cm³/mol. The Morgan fingerprint density at radius 2 is 1.83 bits per heavy atom. The minimum absolute atomic E-state index is 0.0280. The van der Waals surface area contributed by atoms with Crippen molar-refractivity contribution < 1.29 is 23.5 Å². The monoisotopic (exact) mass is 402 g/mol. The second-order valence-corrected chi connectivity index (χ2v) is 6.75. The first-order chi connectivity index (χ1) is 14.5. The van der Waals surface area contributed by atoms with Crippen molar-refractivity contribution in [2.75, 3.05) is 12.1 Å². The summed E-state index contributed by atoms with van der Waals surface area (Å²) in [5.74, 6) is -0.581. The Bertz CT molecular complexity index is 1170. The molecule has 1 aliphatic rings. The van der Waals surface area contributed by atoms with Gasteiger partial charge in [0.1, 0.15) is 17.1 Å². The second kappa shape index (κ2) is 7.71. The van der Waals surface area contributed by atoms with E-state index < -0.39 is 17.8 Å². The van der Waals surface area contributed by atoms with Gasteiger partial charge in [0, 0.05) is 5.56 Å². The number of nitrogens with one attached hydrogen (secondary N) is 1. The summed E-state index contributed by atoms with van der Waals surface area (Å²) in [6.45, 7) is 1.94. The van der Waals surface area contributed by atoms with Crippen molar-refractivity contribution in [1.82, 2.24) is 5.43 Å². The number of amides is 2. The standard InChI is InChI=1S/C23H18N2O5/c1-14-6-8-17(9-7-14)25-22(27)19(21(26)24-25)13-18-10-11-20(30-18)15-4-3-5-16(12-15)23(28)29-2/h3-13H,1-2H3,(H,24,26). The zero-order chi connectivity index (χ0) is 21.3. The molecule has 0 radical (unpaired) electrons. The van der Waals surface area contributed by atoms with E-state index >= 15 is 0 Å². The van der Waals surface area contributed by atoms with Crippen molar-refractivity contribution >= 4 is 29.5 Å². The number of furan rings is 1. The van der Waals surface area contributed by atoms with Crippen LogP contribution < -0.4 is 10.4 Å². The van der Waals surface area contributed by atoms with Crippen molar-refractivity contribution in [2.45, 2.75) is 6.92 Å². The third-order valence-electron chi connectivity index (χ3n) is 4.67. The van der Waals surface area contributed by atoms with Gasteiger partial charge in [-0.15, -0.1) is 0 Å². The highest BCUT2D eigenvalue weighted by Gasteiger charge is 2.34. The summed E-state index contributed by atoms with van der Waals surface area (Å²) < 4.78 is 10.5. The molecule has 7 heteroatoms. The Labute approximate surface area is 172 Å². The fraction of sp³-hybridized carbons (Fsp3) is 0.0870. The van der Waals surface area contributed by atoms with Gasteiger partial charge in [-0.1, -0.05) is 29.8 Å². The zero-order valence-corrected chi connectivity index (χ0v) is 16.3. The fourth-order valence-corrected chi connectivity index (χ4v) is 3.08. The molecule has 1 N–H and O–H groups in total. The van der Waals surface area contributed by atoms with E-state index in [9.17, 15) is 14.4 Å². The molecule has 3 aromatic rings. The summed E-state index contributed by atoms with van der Waals surface area (Å²) in [7, 11) is 1.32. The molecule has 1 aliphatic heterocycles. The number of benzene rings is 2. The van der Waals surface area contributed by atoms with Gasteiger partial charge in [-0.05, 0) is 49.4 Å². The van der Waals surface area contributed by atoms with E-state index in [1.807, 2.05) is 19.1 Å². The summed E-state index contributed by atoms with van der Waals surface area (Å²) in [5.41, 5.74) is 5.22. The maximum Gasteiger partial charge on any atom is 0.337 e. The number of esters is 1. The van der Waals surface area contributed by atoms with Crippen molar-refractivity contribution in [3.63, 3.8) is 0 Å². The van der Waals surface area contributed by atoms with Gasteiger partial charge in [0.2, 0.25) is 0 Å². The largest absolute Gasteiger partial charge is 0.465 e. The van der Waals surface area contributed by atoms with E-state index in [2.05, 4.69) is 5.43 Å². The minimum Gasteiger partial charge on any atom is -0.465 e. The minimum atomic E-state index is -0.508. The van der Waals surface area contributed by atoms with Gasteiger partial charge in [0.25, 0.3) is 11.8 Å². The highest BCUT2D eigenvalue weighted by atomic mass is 16.5. The Kier molecular flexibility index (Phi) is 4.93. The van der Waals surface area contributed by atoms with Gasteiger partial charge in [0.05, 0.1) is 18.4 Å². The summed E-state index contributed by atoms with van der Waals surface area (Å²) >= 11 is 0. The maximum absolute atomic E-state index is 12.7. The molecule has 0 unspecified atom stereocenters. The van der Waals surface area contributed by atoms with Crippen LogP contribution in [0.1, 0.15) is 21.7 Å². The average Bonchev–Trinajstić information content (AvgIpc) is 3.34. The van der Waals surface area contributed by atoms with Gasteiger partial charge >= 0.3 is 5.97 Å². The number of anilines is 1. The Hall–Kier alpha value is -4.13. The molecule has 150 valence electrons. The number of hydrazine groups is 1. The van der Waals surface area contributed by atoms with Crippen LogP contribution in [-0.4, -0.2) is 24.9 Å². The lowest BCUT2D eigenvalue weighted by molar-refractivity contribution is -0.117. The van der Waals surface area contributed by atoms with E-state index in [-0.39, 0.29) is 5.57 Å². The smallest absolute Gasteiger partial charge is 0.337 e. The lowest BCUT2D eigenvalue weighted by Crippen LogP contribution is -2.35. The topological polar surface area (TPSA) is 88.9 Å². The SMILES string of the molecule is COC(=O)c1cccc(-c2ccc(C=C3C(=O)NN(c4ccc(C)cc4)C3=O)o2)c1. The third kappa shape index (κ3) is 3.60. The third-order valence-corrected chi connectivity index (χ3v) is 4.67. The normalized spacial score (nSPS) is 14.9. The first kappa shape index (κ1) is 19.2. The van der Waals surface area contributed by atoms with Crippen LogP contribution in [0.2, 0.25) is 0 Å². The van der Waals surface area contributed by atoms with E-state index in [0.717, 1.165) is 5.56 Å². The van der Waals surface area contributed by atoms with Crippen molar-refractivity contribution in [2.24, 2.45) is 0 Å². The molecule has 2 aromatic carbocycles. The molecule has 7 nitrogen and oxygen atoms in total. The van der Waals surface area contributed by atoms with Crippen LogP contribution in [0, 0.1) is 6.92 Å². The summed E-state index contributed by atoms with van der Waals surface area (Å²) in [6.07, 6.45) is 1.40. The lowest BCUT2D eigenvalue weighted by Gasteiger charge is -2.14. The Balaban J connectivity index is 1.60. The van der Waals surface area contributed by atoms with E-state index in [1.165, 1.54) is 18.2 Å². The average molecular weight is 402 g/mol. The summed E-state index contributed by atoms with van der Waals surface area (Å²) in [4.78, 5) is 36.8. The number of carbonyl (C=O) groups excluding carboxylic acids is 3. The molecule has 0 atom stereocenters. The number of rotatable bonds is 4. The number of ether oxygens (including phenoxy) is 1. The molecular weight excluding hydrogens is 384 g/mol. The fourth-order valence-electron chi connectivity index (χ4n) is 3.08. The molecule has 30 heavy (non-hydrogen) atoms. The molecule has 0 saturated carbocycles. The lowest BCUT2D eigenvalue weighted by atomic mass is 10.1. The number of nitrogens with zero attached hydrogens (tertiary/aromatic N) is 1. The van der Waals surface area contributed by atoms with Gasteiger partial charge in [0.15, 0.2) is 0 Å². The number of carbonyl (C=O) groups is 3. The molecule has 0 bridgehead atoms. The molecule has 4 rings (SSSR count). The molecule has 0 aliphatic carbocycles. The van der Waals surface area contributed by atoms with E-state index in [4.69, 9.17) is 9.15 Å². The van der Waals surface area contributed by atoms with Crippen LogP contribution in [0.3, 0.4) is 0 Å². The molecule has 1 saturated heterocycles. The van der Waals surface area contributed by atoms with Crippen molar-refractivity contribution in [3.05, 3.63) is 83.1 Å². The van der Waals surface area contributed by atoms with Crippen LogP contribution in [0.5, 0.6) is 0 Å².